The summed E-state index contributed by atoms with van der Waals surface area (Å²) in [5.41, 5.74) is 1.34. The van der Waals surface area contributed by atoms with Crippen molar-refractivity contribution in [1.82, 2.24) is 9.88 Å². The summed E-state index contributed by atoms with van der Waals surface area (Å²) in [5, 5.41) is 3.38. The summed E-state index contributed by atoms with van der Waals surface area (Å²) in [7, 11) is 0. The number of aryl methyl sites for hydroxylation is 2. The number of piperidine rings is 1. The number of amides is 2. The van der Waals surface area contributed by atoms with Crippen LogP contribution in [0.15, 0.2) is 18.2 Å². The van der Waals surface area contributed by atoms with Gasteiger partial charge in [-0.1, -0.05) is 0 Å². The smallest absolute Gasteiger partial charge is 0.260 e. The molecular formula is C21H27N3O4S. The van der Waals surface area contributed by atoms with Crippen molar-refractivity contribution in [1.29, 1.82) is 0 Å². The predicted octanol–water partition coefficient (Wildman–Crippen LogP) is 3.80. The van der Waals surface area contributed by atoms with Crippen LogP contribution >= 0.6 is 11.3 Å². The minimum atomic E-state index is -0.268. The maximum atomic E-state index is 12.6. The standard InChI is InChI=1S/C21H27N3O4S/c1-4-27-18-12-16(20(26)23-21-22-14(2)15(3)29-21)8-9-17(18)28-13-19(25)24-10-6-5-7-11-24/h8-9,12H,4-7,10-11,13H2,1-3H3,(H,22,23,26). The fourth-order valence-corrected chi connectivity index (χ4v) is 3.92. The highest BCUT2D eigenvalue weighted by Gasteiger charge is 2.19. The fourth-order valence-electron chi connectivity index (χ4n) is 3.11. The number of aromatic nitrogens is 1. The summed E-state index contributed by atoms with van der Waals surface area (Å²) >= 11 is 1.44. The molecule has 0 unspecified atom stereocenters. The Morgan fingerprint density at radius 2 is 1.90 bits per heavy atom. The van der Waals surface area contributed by atoms with Gasteiger partial charge >= 0.3 is 0 Å². The third-order valence-corrected chi connectivity index (χ3v) is 5.80. The lowest BCUT2D eigenvalue weighted by Crippen LogP contribution is -2.38. The van der Waals surface area contributed by atoms with Gasteiger partial charge in [0.2, 0.25) is 0 Å². The van der Waals surface area contributed by atoms with E-state index in [2.05, 4.69) is 10.3 Å². The van der Waals surface area contributed by atoms with E-state index in [0.717, 1.165) is 36.5 Å². The summed E-state index contributed by atoms with van der Waals surface area (Å²) in [5.74, 6) is 0.604. The Kier molecular flexibility index (Phi) is 7.09. The monoisotopic (exact) mass is 417 g/mol. The first-order chi connectivity index (χ1) is 14.0. The second-order valence-corrected chi connectivity index (χ2v) is 8.14. The maximum absolute atomic E-state index is 12.6. The van der Waals surface area contributed by atoms with E-state index in [0.29, 0.717) is 28.8 Å². The molecule has 0 saturated carbocycles. The van der Waals surface area contributed by atoms with Crippen LogP contribution in [-0.4, -0.2) is 48.0 Å². The molecule has 8 heteroatoms. The Labute approximate surface area is 175 Å². The molecule has 1 fully saturated rings. The van der Waals surface area contributed by atoms with Crippen LogP contribution < -0.4 is 14.8 Å². The van der Waals surface area contributed by atoms with Crippen LogP contribution in [0.25, 0.3) is 0 Å². The molecule has 156 valence electrons. The van der Waals surface area contributed by atoms with Gasteiger partial charge in [-0.15, -0.1) is 11.3 Å². The molecule has 0 radical (unpaired) electrons. The van der Waals surface area contributed by atoms with Crippen LogP contribution in [0.5, 0.6) is 11.5 Å². The Morgan fingerprint density at radius 3 is 2.55 bits per heavy atom. The van der Waals surface area contributed by atoms with Crippen molar-refractivity contribution in [2.75, 3.05) is 31.6 Å². The van der Waals surface area contributed by atoms with Gasteiger partial charge in [-0.25, -0.2) is 4.98 Å². The third kappa shape index (κ3) is 5.47. The summed E-state index contributed by atoms with van der Waals surface area (Å²) in [6, 6.07) is 4.96. The number of anilines is 1. The number of ether oxygens (including phenoxy) is 2. The van der Waals surface area contributed by atoms with Crippen LogP contribution in [0.3, 0.4) is 0 Å². The van der Waals surface area contributed by atoms with Crippen molar-refractivity contribution in [3.8, 4) is 11.5 Å². The lowest BCUT2D eigenvalue weighted by atomic mass is 10.1. The lowest BCUT2D eigenvalue weighted by molar-refractivity contribution is -0.134. The zero-order chi connectivity index (χ0) is 20.8. The highest BCUT2D eigenvalue weighted by atomic mass is 32.1. The van der Waals surface area contributed by atoms with E-state index in [1.807, 2.05) is 25.7 Å². The average Bonchev–Trinajstić information content (AvgIpc) is 3.04. The number of hydrogen-bond donors (Lipinski definition) is 1. The van der Waals surface area contributed by atoms with Crippen molar-refractivity contribution in [2.45, 2.75) is 40.0 Å². The van der Waals surface area contributed by atoms with E-state index in [-0.39, 0.29) is 18.4 Å². The van der Waals surface area contributed by atoms with Gasteiger partial charge in [-0.3, -0.25) is 14.9 Å². The largest absolute Gasteiger partial charge is 0.490 e. The van der Waals surface area contributed by atoms with Crippen LogP contribution in [0, 0.1) is 13.8 Å². The quantitative estimate of drug-likeness (QED) is 0.741. The molecule has 0 aliphatic carbocycles. The molecule has 2 heterocycles. The van der Waals surface area contributed by atoms with E-state index in [9.17, 15) is 9.59 Å². The molecule has 0 spiro atoms. The topological polar surface area (TPSA) is 80.8 Å². The lowest BCUT2D eigenvalue weighted by Gasteiger charge is -2.26. The van der Waals surface area contributed by atoms with Gasteiger partial charge in [0, 0.05) is 23.5 Å². The van der Waals surface area contributed by atoms with E-state index < -0.39 is 0 Å². The normalized spacial score (nSPS) is 13.8. The van der Waals surface area contributed by atoms with E-state index in [1.54, 1.807) is 18.2 Å². The number of carbonyl (C=O) groups excluding carboxylic acids is 2. The molecule has 1 saturated heterocycles. The fraction of sp³-hybridized carbons (Fsp3) is 0.476. The van der Waals surface area contributed by atoms with Crippen LogP contribution in [0.1, 0.15) is 47.1 Å². The Hall–Kier alpha value is -2.61. The number of rotatable bonds is 7. The summed E-state index contributed by atoms with van der Waals surface area (Å²) in [4.78, 5) is 32.1. The molecule has 2 aromatic rings. The molecule has 1 aromatic carbocycles. The van der Waals surface area contributed by atoms with Crippen molar-refractivity contribution < 1.29 is 19.1 Å². The molecule has 2 amide bonds. The molecular weight excluding hydrogens is 390 g/mol. The first-order valence-corrected chi connectivity index (χ1v) is 10.7. The molecule has 1 aliphatic heterocycles. The maximum Gasteiger partial charge on any atom is 0.260 e. The molecule has 1 aromatic heterocycles. The number of hydrogen-bond acceptors (Lipinski definition) is 6. The zero-order valence-electron chi connectivity index (χ0n) is 17.1. The van der Waals surface area contributed by atoms with Crippen molar-refractivity contribution in [3.63, 3.8) is 0 Å². The zero-order valence-corrected chi connectivity index (χ0v) is 17.9. The SMILES string of the molecule is CCOc1cc(C(=O)Nc2nc(C)c(C)s2)ccc1OCC(=O)N1CCCCC1. The summed E-state index contributed by atoms with van der Waals surface area (Å²) in [6.45, 7) is 7.69. The van der Waals surface area contributed by atoms with Crippen LogP contribution in [-0.2, 0) is 4.79 Å². The highest BCUT2D eigenvalue weighted by Crippen LogP contribution is 2.29. The number of carbonyl (C=O) groups is 2. The van der Waals surface area contributed by atoms with Gasteiger partial charge < -0.3 is 14.4 Å². The number of likely N-dealkylation sites (tertiary alicyclic amines) is 1. The van der Waals surface area contributed by atoms with Gasteiger partial charge in [-0.2, -0.15) is 0 Å². The molecule has 0 atom stereocenters. The number of nitrogens with one attached hydrogen (secondary N) is 1. The molecule has 7 nitrogen and oxygen atoms in total. The average molecular weight is 418 g/mol. The molecule has 29 heavy (non-hydrogen) atoms. The first kappa shape index (κ1) is 21.1. The van der Waals surface area contributed by atoms with Gasteiger partial charge in [0.25, 0.3) is 11.8 Å². The summed E-state index contributed by atoms with van der Waals surface area (Å²) in [6.07, 6.45) is 3.25. The van der Waals surface area contributed by atoms with Crippen LogP contribution in [0.4, 0.5) is 5.13 Å². The molecule has 0 bridgehead atoms. The van der Waals surface area contributed by atoms with Gasteiger partial charge in [0.15, 0.2) is 23.2 Å². The van der Waals surface area contributed by atoms with Gasteiger partial charge in [0.1, 0.15) is 0 Å². The Bertz CT molecular complexity index is 855. The Morgan fingerprint density at radius 1 is 1.14 bits per heavy atom. The summed E-state index contributed by atoms with van der Waals surface area (Å²) < 4.78 is 11.4. The number of benzene rings is 1. The first-order valence-electron chi connectivity index (χ1n) is 9.90. The van der Waals surface area contributed by atoms with Gasteiger partial charge in [-0.05, 0) is 58.2 Å². The molecule has 1 N–H and O–H groups in total. The molecule has 1 aliphatic rings. The molecule has 3 rings (SSSR count). The van der Waals surface area contributed by atoms with Crippen molar-refractivity contribution in [2.24, 2.45) is 0 Å². The van der Waals surface area contributed by atoms with E-state index in [1.165, 1.54) is 17.8 Å². The van der Waals surface area contributed by atoms with Crippen LogP contribution in [0.2, 0.25) is 0 Å². The van der Waals surface area contributed by atoms with Crippen molar-refractivity contribution >= 4 is 28.3 Å². The third-order valence-electron chi connectivity index (χ3n) is 4.81. The van der Waals surface area contributed by atoms with Gasteiger partial charge in [0.05, 0.1) is 12.3 Å². The second kappa shape index (κ2) is 9.73. The second-order valence-electron chi connectivity index (χ2n) is 6.94. The van der Waals surface area contributed by atoms with E-state index >= 15 is 0 Å². The minimum Gasteiger partial charge on any atom is -0.490 e. The predicted molar refractivity (Wildman–Crippen MR) is 113 cm³/mol. The van der Waals surface area contributed by atoms with Crippen molar-refractivity contribution in [3.05, 3.63) is 34.3 Å². The highest BCUT2D eigenvalue weighted by molar-refractivity contribution is 7.15. The number of nitrogens with zero attached hydrogens (tertiary/aromatic N) is 2. The minimum absolute atomic E-state index is 0.0246. The van der Waals surface area contributed by atoms with E-state index in [4.69, 9.17) is 9.47 Å². The Balaban J connectivity index is 1.67. The number of thiazole rings is 1.